The Morgan fingerprint density at radius 2 is 2.10 bits per heavy atom. The van der Waals surface area contributed by atoms with Crippen LogP contribution in [0.1, 0.15) is 24.1 Å². The lowest BCUT2D eigenvalue weighted by Crippen LogP contribution is -2.53. The summed E-state index contributed by atoms with van der Waals surface area (Å²) in [6, 6.07) is 3.49. The van der Waals surface area contributed by atoms with Gasteiger partial charge in [0.25, 0.3) is 5.91 Å². The third kappa shape index (κ3) is 3.56. The Kier molecular flexibility index (Phi) is 5.11. The molecule has 9 nitrogen and oxygen atoms in total. The molecule has 0 unspecified atom stereocenters. The molecule has 0 saturated carbocycles. The minimum atomic E-state index is -0.611. The minimum Gasteiger partial charge on any atom is -0.366 e. The summed E-state index contributed by atoms with van der Waals surface area (Å²) in [5, 5.41) is 5.44. The number of benzene rings is 1. The van der Waals surface area contributed by atoms with E-state index in [9.17, 15) is 4.79 Å². The highest BCUT2D eigenvalue weighted by Gasteiger charge is 2.36. The van der Waals surface area contributed by atoms with Gasteiger partial charge in [-0.2, -0.15) is 9.50 Å². The van der Waals surface area contributed by atoms with Gasteiger partial charge in [0, 0.05) is 23.1 Å². The molecule has 1 amide bonds. The minimum absolute atomic E-state index is 0.0629. The third-order valence-electron chi connectivity index (χ3n) is 5.88. The predicted octanol–water partition coefficient (Wildman–Crippen LogP) is 2.36. The van der Waals surface area contributed by atoms with Gasteiger partial charge in [-0.05, 0) is 36.6 Å². The summed E-state index contributed by atoms with van der Waals surface area (Å²) in [5.41, 5.74) is 8.33. The van der Waals surface area contributed by atoms with Gasteiger partial charge >= 0.3 is 0 Å². The number of hydrogen-bond acceptors (Lipinski definition) is 7. The van der Waals surface area contributed by atoms with Gasteiger partial charge in [-0.3, -0.25) is 9.78 Å². The fourth-order valence-corrected chi connectivity index (χ4v) is 5.12. The molecule has 11 heteroatoms. The highest BCUT2D eigenvalue weighted by molar-refractivity contribution is 6.35. The van der Waals surface area contributed by atoms with Gasteiger partial charge in [0.15, 0.2) is 17.6 Å². The number of rotatable bonds is 2. The van der Waals surface area contributed by atoms with Gasteiger partial charge in [-0.15, -0.1) is 5.10 Å². The number of carbonyl (C=O) groups excluding carboxylic acids is 1. The number of carbonyl (C=O) groups is 1. The first kappa shape index (κ1) is 20.3. The molecular formula is C20H21Cl2N7O2. The SMILES string of the molecule is C[C@H]1c2c(Cl)cc(Cl)cc2CCN1C(=O)[C@H]1CN(c2cncc3nc(N)nn23)CCO1. The zero-order chi connectivity index (χ0) is 21.7. The number of nitrogens with zero attached hydrogens (tertiary/aromatic N) is 6. The summed E-state index contributed by atoms with van der Waals surface area (Å²) in [6.45, 7) is 3.96. The zero-order valence-corrected chi connectivity index (χ0v) is 18.3. The van der Waals surface area contributed by atoms with Gasteiger partial charge in [-0.1, -0.05) is 23.2 Å². The number of nitrogens with two attached hydrogens (primary N) is 1. The van der Waals surface area contributed by atoms with E-state index in [1.165, 1.54) is 0 Å². The van der Waals surface area contributed by atoms with Gasteiger partial charge in [-0.25, -0.2) is 0 Å². The Morgan fingerprint density at radius 3 is 2.94 bits per heavy atom. The van der Waals surface area contributed by atoms with Crippen molar-refractivity contribution < 1.29 is 9.53 Å². The van der Waals surface area contributed by atoms with Crippen LogP contribution >= 0.6 is 23.2 Å². The molecule has 0 radical (unpaired) electrons. The largest absolute Gasteiger partial charge is 0.366 e. The van der Waals surface area contributed by atoms with Gasteiger partial charge < -0.3 is 20.3 Å². The van der Waals surface area contributed by atoms with E-state index < -0.39 is 6.10 Å². The van der Waals surface area contributed by atoms with Crippen molar-refractivity contribution in [1.82, 2.24) is 24.5 Å². The molecule has 0 bridgehead atoms. The Bertz CT molecular complexity index is 1170. The number of nitrogen functional groups attached to an aromatic ring is 1. The maximum absolute atomic E-state index is 13.4. The molecule has 1 saturated heterocycles. The van der Waals surface area contributed by atoms with Crippen molar-refractivity contribution in [3.63, 3.8) is 0 Å². The lowest BCUT2D eigenvalue weighted by molar-refractivity contribution is -0.147. The van der Waals surface area contributed by atoms with Crippen molar-refractivity contribution in [2.75, 3.05) is 36.9 Å². The van der Waals surface area contributed by atoms with Crippen LogP contribution in [0.25, 0.3) is 5.65 Å². The monoisotopic (exact) mass is 461 g/mol. The molecule has 1 fully saturated rings. The van der Waals surface area contributed by atoms with E-state index in [1.54, 1.807) is 23.0 Å². The normalized spacial score (nSPS) is 21.4. The van der Waals surface area contributed by atoms with Crippen molar-refractivity contribution in [2.45, 2.75) is 25.5 Å². The van der Waals surface area contributed by atoms with E-state index in [1.807, 2.05) is 22.8 Å². The van der Waals surface area contributed by atoms with Crippen molar-refractivity contribution in [3.8, 4) is 0 Å². The van der Waals surface area contributed by atoms with Crippen LogP contribution in [0.2, 0.25) is 10.0 Å². The van der Waals surface area contributed by atoms with E-state index in [0.29, 0.717) is 48.4 Å². The van der Waals surface area contributed by atoms with Crippen molar-refractivity contribution in [3.05, 3.63) is 45.7 Å². The molecule has 2 atom stereocenters. The van der Waals surface area contributed by atoms with Crippen LogP contribution in [0.4, 0.5) is 11.8 Å². The Hall–Kier alpha value is -2.62. The van der Waals surface area contributed by atoms with Crippen LogP contribution in [0.3, 0.4) is 0 Å². The van der Waals surface area contributed by atoms with Gasteiger partial charge in [0.05, 0.1) is 31.6 Å². The molecule has 4 heterocycles. The highest BCUT2D eigenvalue weighted by atomic mass is 35.5. The molecule has 162 valence electrons. The van der Waals surface area contributed by atoms with Crippen LogP contribution in [0.15, 0.2) is 24.5 Å². The molecule has 0 spiro atoms. The molecule has 2 aromatic heterocycles. The number of anilines is 2. The molecule has 2 aliphatic heterocycles. The Balaban J connectivity index is 1.38. The lowest BCUT2D eigenvalue weighted by atomic mass is 9.93. The number of amides is 1. The molecule has 5 rings (SSSR count). The smallest absolute Gasteiger partial charge is 0.254 e. The molecule has 2 N–H and O–H groups in total. The second-order valence-corrected chi connectivity index (χ2v) is 8.57. The molecule has 0 aliphatic carbocycles. The average Bonchev–Trinajstić information content (AvgIpc) is 3.13. The molecule has 31 heavy (non-hydrogen) atoms. The number of fused-ring (bicyclic) bond motifs is 2. The first-order chi connectivity index (χ1) is 14.9. The predicted molar refractivity (Wildman–Crippen MR) is 117 cm³/mol. The lowest BCUT2D eigenvalue weighted by Gasteiger charge is -2.40. The molecule has 2 aliphatic rings. The molecular weight excluding hydrogens is 441 g/mol. The molecule has 1 aromatic carbocycles. The van der Waals surface area contributed by atoms with Crippen molar-refractivity contribution in [1.29, 1.82) is 0 Å². The van der Waals surface area contributed by atoms with E-state index in [0.717, 1.165) is 16.9 Å². The summed E-state index contributed by atoms with van der Waals surface area (Å²) in [7, 11) is 0. The van der Waals surface area contributed by atoms with Crippen LogP contribution in [-0.2, 0) is 16.0 Å². The fraction of sp³-hybridized carbons (Fsp3) is 0.400. The average molecular weight is 462 g/mol. The number of halogens is 2. The van der Waals surface area contributed by atoms with Crippen LogP contribution < -0.4 is 10.6 Å². The fourth-order valence-electron chi connectivity index (χ4n) is 4.43. The quantitative estimate of drug-likeness (QED) is 0.624. The van der Waals surface area contributed by atoms with Crippen LogP contribution in [0, 0.1) is 0 Å². The van der Waals surface area contributed by atoms with Gasteiger partial charge in [0.1, 0.15) is 0 Å². The van der Waals surface area contributed by atoms with E-state index in [2.05, 4.69) is 15.1 Å². The van der Waals surface area contributed by atoms with E-state index in [-0.39, 0.29) is 17.9 Å². The maximum Gasteiger partial charge on any atom is 0.254 e. The summed E-state index contributed by atoms with van der Waals surface area (Å²) in [6.07, 6.45) is 3.37. The standard InChI is InChI=1S/C20H21Cl2N7O2/c1-11-18-12(6-13(21)7-14(18)22)2-3-28(11)19(30)15-10-27(4-5-31-15)17-9-24-8-16-25-20(23)26-29(16)17/h6-9,11,15H,2-5,10H2,1H3,(H2,23,26)/t11-,15+/m0/s1. The summed E-state index contributed by atoms with van der Waals surface area (Å²) in [5.74, 6) is 0.831. The van der Waals surface area contributed by atoms with E-state index >= 15 is 0 Å². The summed E-state index contributed by atoms with van der Waals surface area (Å²) >= 11 is 12.6. The number of aromatic nitrogens is 4. The zero-order valence-electron chi connectivity index (χ0n) is 16.8. The van der Waals surface area contributed by atoms with Gasteiger partial charge in [0.2, 0.25) is 5.95 Å². The van der Waals surface area contributed by atoms with Crippen molar-refractivity contribution in [2.24, 2.45) is 0 Å². The second-order valence-electron chi connectivity index (χ2n) is 7.73. The second kappa shape index (κ2) is 7.81. The van der Waals surface area contributed by atoms with Crippen LogP contribution in [-0.4, -0.2) is 62.7 Å². The number of hydrogen-bond donors (Lipinski definition) is 1. The number of ether oxygens (including phenoxy) is 1. The first-order valence-electron chi connectivity index (χ1n) is 10.0. The van der Waals surface area contributed by atoms with E-state index in [4.69, 9.17) is 33.7 Å². The van der Waals surface area contributed by atoms with Crippen molar-refractivity contribution >= 4 is 46.5 Å². The third-order valence-corrected chi connectivity index (χ3v) is 6.41. The number of morpholine rings is 1. The maximum atomic E-state index is 13.4. The Morgan fingerprint density at radius 1 is 1.26 bits per heavy atom. The highest BCUT2D eigenvalue weighted by Crippen LogP contribution is 2.37. The topological polar surface area (TPSA) is 102 Å². The summed E-state index contributed by atoms with van der Waals surface area (Å²) < 4.78 is 7.51. The Labute approximate surface area is 188 Å². The summed E-state index contributed by atoms with van der Waals surface area (Å²) in [4.78, 5) is 25.7. The van der Waals surface area contributed by atoms with Crippen LogP contribution in [0.5, 0.6) is 0 Å². The first-order valence-corrected chi connectivity index (χ1v) is 10.8. The molecule has 3 aromatic rings.